The van der Waals surface area contributed by atoms with Gasteiger partial charge in [-0.1, -0.05) is 30.3 Å². The highest BCUT2D eigenvalue weighted by atomic mass is 32.1. The first-order valence-corrected chi connectivity index (χ1v) is 5.51. The fraction of sp³-hybridized carbons (Fsp3) is 0.333. The molecule has 0 aliphatic carbocycles. The summed E-state index contributed by atoms with van der Waals surface area (Å²) in [5.41, 5.74) is 0.991. The molecule has 0 aliphatic rings. The number of benzene rings is 1. The number of esters is 1. The van der Waals surface area contributed by atoms with Gasteiger partial charge in [-0.3, -0.25) is 4.79 Å². The summed E-state index contributed by atoms with van der Waals surface area (Å²) in [6.45, 7) is 2.99. The SMILES string of the molecule is CC(=O)[O-].CC(S)C(=O)OCc1ccccc1. The molecule has 0 saturated heterocycles. The maximum atomic E-state index is 11.0. The molecule has 0 aliphatic heterocycles. The van der Waals surface area contributed by atoms with Crippen LogP contribution in [0.4, 0.5) is 0 Å². The third kappa shape index (κ3) is 9.44. The van der Waals surface area contributed by atoms with Crippen molar-refractivity contribution in [3.05, 3.63) is 35.9 Å². The highest BCUT2D eigenvalue weighted by Gasteiger charge is 2.08. The fourth-order valence-electron chi connectivity index (χ4n) is 0.849. The minimum absolute atomic E-state index is 0.285. The van der Waals surface area contributed by atoms with Crippen molar-refractivity contribution in [2.75, 3.05) is 0 Å². The van der Waals surface area contributed by atoms with E-state index in [1.807, 2.05) is 30.3 Å². The Labute approximate surface area is 106 Å². The van der Waals surface area contributed by atoms with Crippen molar-refractivity contribution in [2.45, 2.75) is 25.7 Å². The smallest absolute Gasteiger partial charge is 0.318 e. The molecule has 5 heteroatoms. The molecule has 0 heterocycles. The lowest BCUT2D eigenvalue weighted by atomic mass is 10.2. The van der Waals surface area contributed by atoms with E-state index in [0.29, 0.717) is 6.61 Å². The fourth-order valence-corrected chi connectivity index (χ4v) is 0.924. The van der Waals surface area contributed by atoms with Crippen LogP contribution >= 0.6 is 12.6 Å². The number of hydrogen-bond donors (Lipinski definition) is 1. The molecule has 4 nitrogen and oxygen atoms in total. The summed E-state index contributed by atoms with van der Waals surface area (Å²) in [6.07, 6.45) is 0. The number of carbonyl (C=O) groups excluding carboxylic acids is 2. The van der Waals surface area contributed by atoms with E-state index in [2.05, 4.69) is 12.6 Å². The maximum Gasteiger partial charge on any atom is 0.318 e. The average Bonchev–Trinajstić information content (AvgIpc) is 2.26. The Kier molecular flexibility index (Phi) is 7.88. The van der Waals surface area contributed by atoms with Crippen LogP contribution in [-0.4, -0.2) is 17.2 Å². The van der Waals surface area contributed by atoms with Crippen LogP contribution in [0.3, 0.4) is 0 Å². The molecule has 1 rings (SSSR count). The third-order valence-electron chi connectivity index (χ3n) is 1.57. The summed E-state index contributed by atoms with van der Waals surface area (Å²) in [5.74, 6) is -1.37. The third-order valence-corrected chi connectivity index (χ3v) is 1.78. The van der Waals surface area contributed by atoms with E-state index in [-0.39, 0.29) is 11.2 Å². The zero-order valence-corrected chi connectivity index (χ0v) is 10.6. The number of carbonyl (C=O) groups is 2. The molecular weight excluding hydrogens is 240 g/mol. The van der Waals surface area contributed by atoms with Gasteiger partial charge in [-0.25, -0.2) is 0 Å². The van der Waals surface area contributed by atoms with Crippen LogP contribution in [0.1, 0.15) is 19.4 Å². The van der Waals surface area contributed by atoms with E-state index in [0.717, 1.165) is 12.5 Å². The normalized spacial score (nSPS) is 10.8. The number of aliphatic carboxylic acids is 1. The summed E-state index contributed by atoms with van der Waals surface area (Å²) >= 11 is 3.96. The number of rotatable bonds is 3. The van der Waals surface area contributed by atoms with Gasteiger partial charge in [-0.15, -0.1) is 0 Å². The Hall–Kier alpha value is -1.49. The molecule has 94 valence electrons. The standard InChI is InChI=1S/C10H12O2S.C2H4O2/c1-8(13)10(11)12-7-9-5-3-2-4-6-9;1-2(3)4/h2-6,8,13H,7H2,1H3;1H3,(H,3,4)/p-1. The highest BCUT2D eigenvalue weighted by Crippen LogP contribution is 2.03. The van der Waals surface area contributed by atoms with E-state index in [9.17, 15) is 4.79 Å². The average molecular weight is 255 g/mol. The summed E-state index contributed by atoms with van der Waals surface area (Å²) in [7, 11) is 0. The largest absolute Gasteiger partial charge is 0.550 e. The molecule has 0 fully saturated rings. The number of carboxylic acids is 1. The quantitative estimate of drug-likeness (QED) is 0.641. The van der Waals surface area contributed by atoms with Crippen LogP contribution in [0, 0.1) is 0 Å². The first-order valence-electron chi connectivity index (χ1n) is 4.99. The molecule has 1 atom stereocenters. The monoisotopic (exact) mass is 255 g/mol. The maximum absolute atomic E-state index is 11.0. The summed E-state index contributed by atoms with van der Waals surface area (Å²) in [4.78, 5) is 19.9. The van der Waals surface area contributed by atoms with Crippen molar-refractivity contribution >= 4 is 24.6 Å². The Morgan fingerprint density at radius 1 is 1.35 bits per heavy atom. The molecule has 0 radical (unpaired) electrons. The van der Waals surface area contributed by atoms with Gasteiger partial charge in [0.05, 0.1) is 5.25 Å². The number of thiol groups is 1. The van der Waals surface area contributed by atoms with Crippen molar-refractivity contribution < 1.29 is 19.4 Å². The van der Waals surface area contributed by atoms with Gasteiger partial charge in [0.25, 0.3) is 0 Å². The minimum Gasteiger partial charge on any atom is -0.550 e. The van der Waals surface area contributed by atoms with Gasteiger partial charge in [0.2, 0.25) is 0 Å². The molecule has 0 aromatic heterocycles. The predicted octanol–water partition coefficient (Wildman–Crippen LogP) is 0.804. The lowest BCUT2D eigenvalue weighted by Crippen LogP contribution is -2.16. The molecular formula is C12H15O4S-. The number of ether oxygens (including phenoxy) is 1. The van der Waals surface area contributed by atoms with Crippen molar-refractivity contribution in [3.63, 3.8) is 0 Å². The summed E-state index contributed by atoms with van der Waals surface area (Å²) in [5, 5.41) is 8.53. The molecule has 1 aromatic rings. The lowest BCUT2D eigenvalue weighted by molar-refractivity contribution is -0.302. The van der Waals surface area contributed by atoms with Crippen molar-refractivity contribution in [1.82, 2.24) is 0 Å². The zero-order valence-electron chi connectivity index (χ0n) is 9.75. The van der Waals surface area contributed by atoms with Gasteiger partial charge in [0, 0.05) is 5.97 Å². The first kappa shape index (κ1) is 15.5. The Morgan fingerprint density at radius 3 is 2.24 bits per heavy atom. The van der Waals surface area contributed by atoms with Gasteiger partial charge >= 0.3 is 5.97 Å². The Bertz CT molecular complexity index is 345. The molecule has 0 amide bonds. The van der Waals surface area contributed by atoms with Crippen LogP contribution in [-0.2, 0) is 20.9 Å². The molecule has 17 heavy (non-hydrogen) atoms. The first-order chi connectivity index (χ1) is 7.93. The van der Waals surface area contributed by atoms with Gasteiger partial charge < -0.3 is 14.6 Å². The van der Waals surface area contributed by atoms with Gasteiger partial charge in [0.15, 0.2) is 0 Å². The molecule has 0 spiro atoms. The second-order valence-corrected chi connectivity index (χ2v) is 4.04. The van der Waals surface area contributed by atoms with E-state index in [1.54, 1.807) is 6.92 Å². The Balaban J connectivity index is 0.000000557. The van der Waals surface area contributed by atoms with Crippen molar-refractivity contribution in [3.8, 4) is 0 Å². The number of hydrogen-bond acceptors (Lipinski definition) is 5. The van der Waals surface area contributed by atoms with Gasteiger partial charge in [-0.05, 0) is 19.4 Å². The van der Waals surface area contributed by atoms with E-state index in [4.69, 9.17) is 14.6 Å². The minimum atomic E-state index is -1.08. The predicted molar refractivity (Wildman–Crippen MR) is 65.4 cm³/mol. The second-order valence-electron chi connectivity index (χ2n) is 3.26. The van der Waals surface area contributed by atoms with Crippen LogP contribution in [0.5, 0.6) is 0 Å². The van der Waals surface area contributed by atoms with E-state index in [1.165, 1.54) is 0 Å². The topological polar surface area (TPSA) is 66.4 Å². The van der Waals surface area contributed by atoms with Crippen LogP contribution in [0.2, 0.25) is 0 Å². The zero-order chi connectivity index (χ0) is 13.3. The van der Waals surface area contributed by atoms with Crippen molar-refractivity contribution in [1.29, 1.82) is 0 Å². The van der Waals surface area contributed by atoms with E-state index < -0.39 is 5.97 Å². The van der Waals surface area contributed by atoms with Gasteiger partial charge in [-0.2, -0.15) is 12.6 Å². The second kappa shape index (κ2) is 8.64. The van der Waals surface area contributed by atoms with Crippen LogP contribution in [0.15, 0.2) is 30.3 Å². The molecule has 0 saturated carbocycles. The number of carboxylic acid groups (broad SMARTS) is 1. The highest BCUT2D eigenvalue weighted by molar-refractivity contribution is 7.81. The van der Waals surface area contributed by atoms with E-state index >= 15 is 0 Å². The Morgan fingerprint density at radius 2 is 1.82 bits per heavy atom. The van der Waals surface area contributed by atoms with Crippen LogP contribution < -0.4 is 5.11 Å². The molecule has 0 N–H and O–H groups in total. The molecule has 1 unspecified atom stereocenters. The molecule has 1 aromatic carbocycles. The van der Waals surface area contributed by atoms with Gasteiger partial charge in [0.1, 0.15) is 6.61 Å². The molecule has 0 bridgehead atoms. The van der Waals surface area contributed by atoms with Crippen molar-refractivity contribution in [2.24, 2.45) is 0 Å². The summed E-state index contributed by atoms with van der Waals surface area (Å²) < 4.78 is 4.97. The summed E-state index contributed by atoms with van der Waals surface area (Å²) in [6, 6.07) is 9.57. The van der Waals surface area contributed by atoms with Crippen LogP contribution in [0.25, 0.3) is 0 Å². The lowest BCUT2D eigenvalue weighted by Gasteiger charge is -2.05.